The van der Waals surface area contributed by atoms with Gasteiger partial charge in [-0.15, -0.1) is 0 Å². The van der Waals surface area contributed by atoms with Crippen molar-refractivity contribution in [1.82, 2.24) is 25.9 Å². The second kappa shape index (κ2) is 16.6. The van der Waals surface area contributed by atoms with Gasteiger partial charge in [0.1, 0.15) is 18.1 Å². The SMILES string of the molecule is NCCCCC(N)C(=O)NC(Cc1c[nH]c2ccccc12)C(=O)NC(Cc1c[nH]c2ccccc12)C(=O)NC(Cc1ccccc1)C(=O)O. The molecule has 0 radical (unpaired) electrons. The Morgan fingerprint density at radius 2 is 1.12 bits per heavy atom. The minimum absolute atomic E-state index is 0.0525. The summed E-state index contributed by atoms with van der Waals surface area (Å²) in [6.45, 7) is 0.480. The number of aromatic amines is 2. The molecule has 0 aliphatic heterocycles. The molecule has 0 aliphatic rings. The summed E-state index contributed by atoms with van der Waals surface area (Å²) in [5.41, 5.74) is 15.8. The summed E-state index contributed by atoms with van der Waals surface area (Å²) < 4.78 is 0. The molecule has 12 heteroatoms. The van der Waals surface area contributed by atoms with Gasteiger partial charge in [-0.25, -0.2) is 4.79 Å². The van der Waals surface area contributed by atoms with Gasteiger partial charge in [0.05, 0.1) is 6.04 Å². The van der Waals surface area contributed by atoms with Crippen LogP contribution in [0.1, 0.15) is 36.0 Å². The van der Waals surface area contributed by atoms with Gasteiger partial charge in [-0.3, -0.25) is 14.4 Å². The van der Waals surface area contributed by atoms with Crippen molar-refractivity contribution in [3.05, 3.63) is 108 Å². The molecule has 10 N–H and O–H groups in total. The fourth-order valence-electron chi connectivity index (χ4n) is 5.97. The molecule has 3 amide bonds. The fraction of sp³-hybridized carbons (Fsp3) is 0.297. The Morgan fingerprint density at radius 3 is 1.65 bits per heavy atom. The fourth-order valence-corrected chi connectivity index (χ4v) is 5.97. The molecule has 12 nitrogen and oxygen atoms in total. The van der Waals surface area contributed by atoms with Gasteiger partial charge in [0.25, 0.3) is 0 Å². The van der Waals surface area contributed by atoms with Crippen LogP contribution in [-0.4, -0.2) is 69.5 Å². The van der Waals surface area contributed by atoms with E-state index in [1.165, 1.54) is 0 Å². The van der Waals surface area contributed by atoms with Crippen molar-refractivity contribution >= 4 is 45.5 Å². The van der Waals surface area contributed by atoms with Crippen LogP contribution in [0, 0.1) is 0 Å². The lowest BCUT2D eigenvalue weighted by Crippen LogP contribution is -2.58. The Kier molecular flexibility index (Phi) is 11.8. The first-order chi connectivity index (χ1) is 23.7. The number of carboxylic acid groups (broad SMARTS) is 1. The zero-order valence-electron chi connectivity index (χ0n) is 27.2. The van der Waals surface area contributed by atoms with Crippen LogP contribution in [-0.2, 0) is 38.4 Å². The molecule has 0 bridgehead atoms. The highest BCUT2D eigenvalue weighted by Crippen LogP contribution is 2.21. The van der Waals surface area contributed by atoms with Crippen LogP contribution in [0.25, 0.3) is 21.8 Å². The van der Waals surface area contributed by atoms with Gasteiger partial charge in [-0.2, -0.15) is 0 Å². The number of hydrogen-bond acceptors (Lipinski definition) is 6. The lowest BCUT2D eigenvalue weighted by molar-refractivity contribution is -0.142. The zero-order valence-corrected chi connectivity index (χ0v) is 27.2. The summed E-state index contributed by atoms with van der Waals surface area (Å²) in [5, 5.41) is 20.1. The van der Waals surface area contributed by atoms with Crippen LogP contribution >= 0.6 is 0 Å². The third-order valence-electron chi connectivity index (χ3n) is 8.67. The average molecular weight is 666 g/mol. The van der Waals surface area contributed by atoms with Crippen molar-refractivity contribution in [1.29, 1.82) is 0 Å². The number of aliphatic carboxylic acids is 1. The van der Waals surface area contributed by atoms with Crippen LogP contribution in [0.5, 0.6) is 0 Å². The maximum absolute atomic E-state index is 14.1. The quantitative estimate of drug-likeness (QED) is 0.0696. The van der Waals surface area contributed by atoms with Gasteiger partial charge in [0.2, 0.25) is 17.7 Å². The highest BCUT2D eigenvalue weighted by atomic mass is 16.4. The molecule has 5 aromatic rings. The molecule has 5 rings (SSSR count). The third-order valence-corrected chi connectivity index (χ3v) is 8.67. The van der Waals surface area contributed by atoms with Crippen molar-refractivity contribution in [3.63, 3.8) is 0 Å². The number of aromatic nitrogens is 2. The van der Waals surface area contributed by atoms with Crippen molar-refractivity contribution in [3.8, 4) is 0 Å². The minimum Gasteiger partial charge on any atom is -0.480 e. The highest BCUT2D eigenvalue weighted by molar-refractivity contribution is 5.95. The zero-order chi connectivity index (χ0) is 34.8. The van der Waals surface area contributed by atoms with Crippen LogP contribution < -0.4 is 27.4 Å². The summed E-state index contributed by atoms with van der Waals surface area (Å²) in [6.07, 6.45) is 5.55. The molecule has 0 aliphatic carbocycles. The number of carbonyl (C=O) groups is 4. The number of rotatable bonds is 17. The van der Waals surface area contributed by atoms with Gasteiger partial charge >= 0.3 is 5.97 Å². The lowest BCUT2D eigenvalue weighted by Gasteiger charge is -2.25. The van der Waals surface area contributed by atoms with Crippen LogP contribution in [0.15, 0.2) is 91.3 Å². The molecule has 2 aromatic heterocycles. The second-order valence-corrected chi connectivity index (χ2v) is 12.2. The summed E-state index contributed by atoms with van der Waals surface area (Å²) in [4.78, 5) is 60.0. The lowest BCUT2D eigenvalue weighted by atomic mass is 10.00. The highest BCUT2D eigenvalue weighted by Gasteiger charge is 2.31. The summed E-state index contributed by atoms with van der Waals surface area (Å²) in [6, 6.07) is 19.8. The summed E-state index contributed by atoms with van der Waals surface area (Å²) in [7, 11) is 0. The molecule has 49 heavy (non-hydrogen) atoms. The van der Waals surface area contributed by atoms with Crippen molar-refractivity contribution in [2.24, 2.45) is 11.5 Å². The van der Waals surface area contributed by atoms with E-state index in [2.05, 4.69) is 25.9 Å². The number of para-hydroxylation sites is 2. The molecule has 256 valence electrons. The summed E-state index contributed by atoms with van der Waals surface area (Å²) >= 11 is 0. The molecule has 4 unspecified atom stereocenters. The minimum atomic E-state index is -1.24. The number of nitrogens with two attached hydrogens (primary N) is 2. The van der Waals surface area contributed by atoms with E-state index in [1.807, 2.05) is 54.6 Å². The Hall–Kier alpha value is -5.46. The Balaban J connectivity index is 1.42. The van der Waals surface area contributed by atoms with E-state index in [0.717, 1.165) is 38.5 Å². The maximum Gasteiger partial charge on any atom is 0.326 e. The molecule has 0 fully saturated rings. The Morgan fingerprint density at radius 1 is 0.633 bits per heavy atom. The number of hydrogen-bond donors (Lipinski definition) is 8. The predicted molar refractivity (Wildman–Crippen MR) is 188 cm³/mol. The predicted octanol–water partition coefficient (Wildman–Crippen LogP) is 2.67. The van der Waals surface area contributed by atoms with Gasteiger partial charge in [-0.05, 0) is 48.2 Å². The van der Waals surface area contributed by atoms with E-state index < -0.39 is 47.9 Å². The molecule has 0 saturated heterocycles. The van der Waals surface area contributed by atoms with Crippen molar-refractivity contribution in [2.45, 2.75) is 62.7 Å². The van der Waals surface area contributed by atoms with Gasteiger partial charge in [-0.1, -0.05) is 73.2 Å². The van der Waals surface area contributed by atoms with E-state index in [1.54, 1.807) is 36.7 Å². The number of amides is 3. The van der Waals surface area contributed by atoms with E-state index >= 15 is 0 Å². The number of carboxylic acids is 1. The topological polar surface area (TPSA) is 208 Å². The normalized spacial score (nSPS) is 13.8. The number of carbonyl (C=O) groups excluding carboxylic acids is 3. The molecule has 4 atom stereocenters. The largest absolute Gasteiger partial charge is 0.480 e. The van der Waals surface area contributed by atoms with Gasteiger partial charge in [0.15, 0.2) is 0 Å². The second-order valence-electron chi connectivity index (χ2n) is 12.2. The van der Waals surface area contributed by atoms with Gasteiger partial charge in [0, 0.05) is 53.5 Å². The van der Waals surface area contributed by atoms with Crippen molar-refractivity contribution in [2.75, 3.05) is 6.54 Å². The van der Waals surface area contributed by atoms with Gasteiger partial charge < -0.3 is 42.5 Å². The monoisotopic (exact) mass is 665 g/mol. The van der Waals surface area contributed by atoms with E-state index in [9.17, 15) is 24.3 Å². The Bertz CT molecular complexity index is 1890. The first kappa shape index (κ1) is 34.9. The van der Waals surface area contributed by atoms with E-state index in [4.69, 9.17) is 11.5 Å². The van der Waals surface area contributed by atoms with Crippen LogP contribution in [0.2, 0.25) is 0 Å². The molecular weight excluding hydrogens is 622 g/mol. The molecule has 0 saturated carbocycles. The average Bonchev–Trinajstić information content (AvgIpc) is 3.71. The summed E-state index contributed by atoms with van der Waals surface area (Å²) in [5.74, 6) is -2.98. The first-order valence-corrected chi connectivity index (χ1v) is 16.5. The molecule has 0 spiro atoms. The Labute approximate surface area is 284 Å². The van der Waals surface area contributed by atoms with E-state index in [-0.39, 0.29) is 19.3 Å². The number of unbranched alkanes of at least 4 members (excludes halogenated alkanes) is 1. The first-order valence-electron chi connectivity index (χ1n) is 16.5. The van der Waals surface area contributed by atoms with Crippen molar-refractivity contribution < 1.29 is 24.3 Å². The van der Waals surface area contributed by atoms with Crippen LogP contribution in [0.4, 0.5) is 0 Å². The van der Waals surface area contributed by atoms with Crippen LogP contribution in [0.3, 0.4) is 0 Å². The molecular formula is C37H43N7O5. The standard InChI is InChI=1S/C37H43N7O5/c38-17-9-8-14-28(39)34(45)42-31(19-24-21-40-29-15-6-4-12-26(24)29)35(46)43-32(20-25-22-41-30-16-7-5-13-27(25)30)36(47)44-33(37(48)49)18-23-10-2-1-3-11-23/h1-7,10-13,15-16,21-22,28,31-33,40-41H,8-9,14,17-20,38-39H2,(H,42,45)(H,43,46)(H,44,47)(H,48,49). The molecule has 2 heterocycles. The maximum atomic E-state index is 14.1. The number of benzene rings is 3. The number of fused-ring (bicyclic) bond motifs is 2. The molecule has 3 aromatic carbocycles. The number of nitrogens with one attached hydrogen (secondary N) is 5. The third kappa shape index (κ3) is 9.12. The number of H-pyrrole nitrogens is 2. The smallest absolute Gasteiger partial charge is 0.326 e. The van der Waals surface area contributed by atoms with E-state index in [0.29, 0.717) is 25.8 Å².